The predicted octanol–water partition coefficient (Wildman–Crippen LogP) is 1.81. The SMILES string of the molecule is Cc1cc(N)nc(C)c1CNC(=O)c1cnn(Cc2ccc3c(c2)N(C)C(=O)CO3)c1. The monoisotopic (exact) mass is 420 g/mol. The van der Waals surface area contributed by atoms with E-state index in [0.29, 0.717) is 30.2 Å². The Morgan fingerprint density at radius 1 is 1.29 bits per heavy atom. The molecular weight excluding hydrogens is 396 g/mol. The number of aromatic nitrogens is 3. The lowest BCUT2D eigenvalue weighted by Crippen LogP contribution is -2.35. The van der Waals surface area contributed by atoms with E-state index in [9.17, 15) is 9.59 Å². The minimum atomic E-state index is -0.217. The second kappa shape index (κ2) is 8.10. The highest BCUT2D eigenvalue weighted by atomic mass is 16.5. The molecule has 1 aromatic carbocycles. The number of aryl methyl sites for hydroxylation is 2. The van der Waals surface area contributed by atoms with E-state index >= 15 is 0 Å². The summed E-state index contributed by atoms with van der Waals surface area (Å²) in [6, 6.07) is 7.45. The van der Waals surface area contributed by atoms with Crippen LogP contribution in [0.1, 0.15) is 32.7 Å². The number of rotatable bonds is 5. The lowest BCUT2D eigenvalue weighted by atomic mass is 10.1. The van der Waals surface area contributed by atoms with E-state index < -0.39 is 0 Å². The van der Waals surface area contributed by atoms with Gasteiger partial charge < -0.3 is 20.7 Å². The number of carbonyl (C=O) groups is 2. The zero-order valence-corrected chi connectivity index (χ0v) is 17.7. The predicted molar refractivity (Wildman–Crippen MR) is 116 cm³/mol. The third-order valence-corrected chi connectivity index (χ3v) is 5.35. The van der Waals surface area contributed by atoms with Crippen molar-refractivity contribution in [3.8, 4) is 5.75 Å². The molecule has 0 atom stereocenters. The van der Waals surface area contributed by atoms with Gasteiger partial charge in [0.15, 0.2) is 6.61 Å². The first kappa shape index (κ1) is 20.4. The lowest BCUT2D eigenvalue weighted by Gasteiger charge is -2.26. The normalized spacial score (nSPS) is 13.0. The summed E-state index contributed by atoms with van der Waals surface area (Å²) in [4.78, 5) is 30.3. The topological polar surface area (TPSA) is 115 Å². The zero-order chi connectivity index (χ0) is 22.1. The molecule has 9 nitrogen and oxygen atoms in total. The van der Waals surface area contributed by atoms with E-state index in [2.05, 4.69) is 15.4 Å². The maximum Gasteiger partial charge on any atom is 0.264 e. The molecule has 2 aromatic heterocycles. The molecule has 0 radical (unpaired) electrons. The quantitative estimate of drug-likeness (QED) is 0.650. The highest BCUT2D eigenvalue weighted by Gasteiger charge is 2.22. The minimum Gasteiger partial charge on any atom is -0.482 e. The highest BCUT2D eigenvalue weighted by Crippen LogP contribution is 2.32. The molecule has 0 aliphatic carbocycles. The lowest BCUT2D eigenvalue weighted by molar-refractivity contribution is -0.120. The molecule has 2 amide bonds. The molecule has 1 aliphatic rings. The van der Waals surface area contributed by atoms with Crippen LogP contribution in [-0.4, -0.2) is 40.2 Å². The number of nitrogen functional groups attached to an aromatic ring is 1. The molecule has 160 valence electrons. The minimum absolute atomic E-state index is 0.0476. The molecule has 0 spiro atoms. The van der Waals surface area contributed by atoms with Gasteiger partial charge in [-0.15, -0.1) is 0 Å². The Hall–Kier alpha value is -3.88. The van der Waals surface area contributed by atoms with Crippen LogP contribution in [0, 0.1) is 13.8 Å². The largest absolute Gasteiger partial charge is 0.482 e. The van der Waals surface area contributed by atoms with E-state index in [1.54, 1.807) is 28.9 Å². The van der Waals surface area contributed by atoms with E-state index in [4.69, 9.17) is 10.5 Å². The molecule has 0 unspecified atom stereocenters. The molecule has 0 fully saturated rings. The molecule has 4 rings (SSSR count). The molecule has 3 heterocycles. The van der Waals surface area contributed by atoms with Crippen LogP contribution in [0.25, 0.3) is 0 Å². The van der Waals surface area contributed by atoms with Crippen molar-refractivity contribution < 1.29 is 14.3 Å². The number of carbonyl (C=O) groups excluding carboxylic acids is 2. The number of fused-ring (bicyclic) bond motifs is 1. The number of nitrogens with zero attached hydrogens (tertiary/aromatic N) is 4. The Morgan fingerprint density at radius 3 is 2.87 bits per heavy atom. The summed E-state index contributed by atoms with van der Waals surface area (Å²) in [7, 11) is 1.73. The van der Waals surface area contributed by atoms with Gasteiger partial charge in [-0.2, -0.15) is 5.10 Å². The van der Waals surface area contributed by atoms with Crippen molar-refractivity contribution in [1.29, 1.82) is 0 Å². The summed E-state index contributed by atoms with van der Waals surface area (Å²) >= 11 is 0. The molecule has 3 aromatic rings. The number of hydrogen-bond donors (Lipinski definition) is 2. The summed E-state index contributed by atoms with van der Waals surface area (Å²) in [6.07, 6.45) is 3.23. The summed E-state index contributed by atoms with van der Waals surface area (Å²) < 4.78 is 7.14. The fourth-order valence-electron chi connectivity index (χ4n) is 3.60. The summed E-state index contributed by atoms with van der Waals surface area (Å²) in [6.45, 7) is 4.69. The molecule has 0 saturated heterocycles. The maximum atomic E-state index is 12.6. The van der Waals surface area contributed by atoms with E-state index in [1.807, 2.05) is 32.0 Å². The first-order valence-corrected chi connectivity index (χ1v) is 9.87. The smallest absolute Gasteiger partial charge is 0.264 e. The second-order valence-electron chi connectivity index (χ2n) is 7.58. The van der Waals surface area contributed by atoms with Gasteiger partial charge in [0.1, 0.15) is 11.6 Å². The number of nitrogens with two attached hydrogens (primary N) is 1. The van der Waals surface area contributed by atoms with Crippen molar-refractivity contribution in [2.75, 3.05) is 24.3 Å². The van der Waals surface area contributed by atoms with Crippen LogP contribution in [0.15, 0.2) is 36.7 Å². The number of amides is 2. The van der Waals surface area contributed by atoms with Crippen LogP contribution in [0.2, 0.25) is 0 Å². The number of hydrogen-bond acceptors (Lipinski definition) is 6. The van der Waals surface area contributed by atoms with Gasteiger partial charge in [-0.25, -0.2) is 4.98 Å². The number of benzene rings is 1. The van der Waals surface area contributed by atoms with Crippen molar-refractivity contribution in [1.82, 2.24) is 20.1 Å². The van der Waals surface area contributed by atoms with Gasteiger partial charge in [-0.05, 0) is 48.7 Å². The van der Waals surface area contributed by atoms with Gasteiger partial charge in [0.2, 0.25) is 0 Å². The Labute approximate surface area is 179 Å². The summed E-state index contributed by atoms with van der Waals surface area (Å²) in [5.41, 5.74) is 10.6. The third kappa shape index (κ3) is 4.20. The second-order valence-corrected chi connectivity index (χ2v) is 7.58. The molecular formula is C22H24N6O3. The number of pyridine rings is 1. The van der Waals surface area contributed by atoms with Crippen molar-refractivity contribution in [3.63, 3.8) is 0 Å². The summed E-state index contributed by atoms with van der Waals surface area (Å²) in [5, 5.41) is 7.21. The zero-order valence-electron chi connectivity index (χ0n) is 17.7. The maximum absolute atomic E-state index is 12.6. The fourth-order valence-corrected chi connectivity index (χ4v) is 3.60. The van der Waals surface area contributed by atoms with E-state index in [-0.39, 0.29) is 18.4 Å². The van der Waals surface area contributed by atoms with Crippen molar-refractivity contribution in [2.24, 2.45) is 0 Å². The van der Waals surface area contributed by atoms with Crippen LogP contribution in [0.3, 0.4) is 0 Å². The number of nitrogens with one attached hydrogen (secondary N) is 1. The highest BCUT2D eigenvalue weighted by molar-refractivity contribution is 5.97. The van der Waals surface area contributed by atoms with Crippen LogP contribution < -0.4 is 20.7 Å². The molecule has 31 heavy (non-hydrogen) atoms. The first-order chi connectivity index (χ1) is 14.8. The molecule has 0 saturated carbocycles. The number of anilines is 2. The number of likely N-dealkylation sites (N-methyl/N-ethyl adjacent to an activating group) is 1. The van der Waals surface area contributed by atoms with Crippen LogP contribution in [0.4, 0.5) is 11.5 Å². The molecule has 9 heteroatoms. The van der Waals surface area contributed by atoms with Gasteiger partial charge in [0.25, 0.3) is 11.8 Å². The van der Waals surface area contributed by atoms with Crippen LogP contribution >= 0.6 is 0 Å². The van der Waals surface area contributed by atoms with Crippen molar-refractivity contribution in [3.05, 3.63) is 64.6 Å². The Bertz CT molecular complexity index is 1150. The number of ether oxygens (including phenoxy) is 1. The average molecular weight is 420 g/mol. The van der Waals surface area contributed by atoms with E-state index in [1.165, 1.54) is 6.20 Å². The first-order valence-electron chi connectivity index (χ1n) is 9.87. The van der Waals surface area contributed by atoms with Gasteiger partial charge in [-0.1, -0.05) is 6.07 Å². The van der Waals surface area contributed by atoms with E-state index in [0.717, 1.165) is 28.1 Å². The standard InChI is InChI=1S/C22H24N6O3/c1-13-6-20(23)26-14(2)17(13)9-24-22(30)16-8-25-28(11-16)10-15-4-5-19-18(7-15)27(3)21(29)12-31-19/h4-8,11H,9-10,12H2,1-3H3,(H2,23,26)(H,24,30). The third-order valence-electron chi connectivity index (χ3n) is 5.35. The van der Waals surface area contributed by atoms with Gasteiger partial charge >= 0.3 is 0 Å². The van der Waals surface area contributed by atoms with Gasteiger partial charge in [0, 0.05) is 25.5 Å². The van der Waals surface area contributed by atoms with Crippen LogP contribution in [-0.2, 0) is 17.9 Å². The molecule has 1 aliphatic heterocycles. The van der Waals surface area contributed by atoms with Crippen molar-refractivity contribution in [2.45, 2.75) is 26.9 Å². The Balaban J connectivity index is 1.43. The fraction of sp³-hybridized carbons (Fsp3) is 0.273. The van der Waals surface area contributed by atoms with Crippen LogP contribution in [0.5, 0.6) is 5.75 Å². The van der Waals surface area contributed by atoms with Crippen molar-refractivity contribution >= 4 is 23.3 Å². The summed E-state index contributed by atoms with van der Waals surface area (Å²) in [5.74, 6) is 0.834. The average Bonchev–Trinajstić information content (AvgIpc) is 3.19. The Morgan fingerprint density at radius 2 is 2.10 bits per heavy atom. The van der Waals surface area contributed by atoms with Gasteiger partial charge in [-0.3, -0.25) is 14.3 Å². The van der Waals surface area contributed by atoms with Gasteiger partial charge in [0.05, 0.1) is 24.0 Å². The molecule has 3 N–H and O–H groups in total. The molecule has 0 bridgehead atoms. The Kier molecular flexibility index (Phi) is 5.33.